The molecule has 16 heavy (non-hydrogen) atoms. The van der Waals surface area contributed by atoms with Crippen molar-refractivity contribution < 1.29 is 14.0 Å². The average molecular weight is 246 g/mol. The second-order valence-corrected chi connectivity index (χ2v) is 3.55. The molecule has 0 aliphatic rings. The Hall–Kier alpha value is -1.13. The van der Waals surface area contributed by atoms with E-state index in [1.165, 1.54) is 17.2 Å². The van der Waals surface area contributed by atoms with Crippen molar-refractivity contribution in [2.75, 3.05) is 13.1 Å². The molecule has 3 nitrogen and oxygen atoms in total. The minimum Gasteiger partial charge on any atom is -0.364 e. The highest BCUT2D eigenvalue weighted by molar-refractivity contribution is 6.30. The van der Waals surface area contributed by atoms with E-state index >= 15 is 0 Å². The van der Waals surface area contributed by atoms with Crippen molar-refractivity contribution in [2.24, 2.45) is 0 Å². The van der Waals surface area contributed by atoms with E-state index in [4.69, 9.17) is 16.4 Å². The predicted octanol–water partition coefficient (Wildman–Crippen LogP) is 2.89. The third kappa shape index (κ3) is 3.18. The molecule has 0 N–H and O–H groups in total. The molecule has 1 rings (SSSR count). The van der Waals surface area contributed by atoms with Crippen LogP contribution in [0.1, 0.15) is 24.2 Å². The lowest BCUT2D eigenvalue weighted by molar-refractivity contribution is -0.103. The van der Waals surface area contributed by atoms with Gasteiger partial charge in [0.15, 0.2) is 0 Å². The first-order chi connectivity index (χ1) is 7.58. The van der Waals surface area contributed by atoms with E-state index < -0.39 is 11.8 Å². The molecule has 5 heteroatoms. The van der Waals surface area contributed by atoms with Gasteiger partial charge >= 0.3 is 5.97 Å². The minimum atomic E-state index is -0.710. The van der Waals surface area contributed by atoms with Crippen LogP contribution >= 0.6 is 11.6 Å². The highest BCUT2D eigenvalue weighted by Crippen LogP contribution is 2.15. The van der Waals surface area contributed by atoms with Crippen LogP contribution in [-0.4, -0.2) is 24.1 Å². The fraction of sp³-hybridized carbons (Fsp3) is 0.364. The average Bonchev–Trinajstić information content (AvgIpc) is 2.25. The maximum Gasteiger partial charge on any atom is 0.360 e. The quantitative estimate of drug-likeness (QED) is 0.764. The highest BCUT2D eigenvalue weighted by Gasteiger charge is 2.16. The van der Waals surface area contributed by atoms with Gasteiger partial charge in [-0.15, -0.1) is 5.06 Å². The monoisotopic (exact) mass is 245 g/mol. The summed E-state index contributed by atoms with van der Waals surface area (Å²) in [6.07, 6.45) is 0. The van der Waals surface area contributed by atoms with Gasteiger partial charge in [-0.1, -0.05) is 11.6 Å². The van der Waals surface area contributed by atoms with E-state index in [2.05, 4.69) is 0 Å². The number of carbonyl (C=O) groups is 1. The normalized spacial score (nSPS) is 10.6. The number of carbonyl (C=O) groups excluding carboxylic acids is 1. The van der Waals surface area contributed by atoms with Crippen LogP contribution in [0.2, 0.25) is 5.02 Å². The maximum absolute atomic E-state index is 13.4. The van der Waals surface area contributed by atoms with Crippen molar-refractivity contribution in [2.45, 2.75) is 13.8 Å². The Kier molecular flexibility index (Phi) is 4.71. The fourth-order valence-corrected chi connectivity index (χ4v) is 1.33. The molecule has 0 unspecified atom stereocenters. The Bertz CT molecular complexity index is 380. The molecule has 0 radical (unpaired) electrons. The molecule has 1 aromatic rings. The van der Waals surface area contributed by atoms with Gasteiger partial charge in [0.25, 0.3) is 0 Å². The van der Waals surface area contributed by atoms with Gasteiger partial charge < -0.3 is 4.84 Å². The van der Waals surface area contributed by atoms with Crippen LogP contribution in [0.25, 0.3) is 0 Å². The number of benzene rings is 1. The summed E-state index contributed by atoms with van der Waals surface area (Å²) < 4.78 is 13.4. The van der Waals surface area contributed by atoms with E-state index in [0.29, 0.717) is 13.1 Å². The molecule has 0 fully saturated rings. The van der Waals surface area contributed by atoms with Crippen molar-refractivity contribution >= 4 is 17.6 Å². The van der Waals surface area contributed by atoms with Crippen molar-refractivity contribution in [1.29, 1.82) is 0 Å². The summed E-state index contributed by atoms with van der Waals surface area (Å²) in [5.41, 5.74) is -0.115. The molecule has 0 spiro atoms. The highest BCUT2D eigenvalue weighted by atomic mass is 35.5. The lowest BCUT2D eigenvalue weighted by Crippen LogP contribution is -2.27. The molecular formula is C11H13ClFNO2. The second-order valence-electron chi connectivity index (χ2n) is 3.12. The molecule has 0 aromatic heterocycles. The molecular weight excluding hydrogens is 233 g/mol. The minimum absolute atomic E-state index is 0.115. The summed E-state index contributed by atoms with van der Waals surface area (Å²) in [6.45, 7) is 4.79. The van der Waals surface area contributed by atoms with Crippen LogP contribution in [-0.2, 0) is 4.84 Å². The van der Waals surface area contributed by atoms with E-state index in [1.807, 2.05) is 13.8 Å². The molecule has 0 bridgehead atoms. The first-order valence-electron chi connectivity index (χ1n) is 5.00. The number of nitrogens with zero attached hydrogens (tertiary/aromatic N) is 1. The first kappa shape index (κ1) is 12.9. The molecule has 0 amide bonds. The summed E-state index contributed by atoms with van der Waals surface area (Å²) in [5, 5.41) is 1.69. The Balaban J connectivity index is 2.80. The van der Waals surface area contributed by atoms with E-state index in [-0.39, 0.29) is 10.6 Å². The van der Waals surface area contributed by atoms with Crippen LogP contribution in [0.5, 0.6) is 0 Å². The Labute approximate surface area is 98.7 Å². The Morgan fingerprint density at radius 3 is 2.56 bits per heavy atom. The summed E-state index contributed by atoms with van der Waals surface area (Å²) >= 11 is 5.58. The first-order valence-corrected chi connectivity index (χ1v) is 5.38. The van der Waals surface area contributed by atoms with Crippen molar-refractivity contribution in [1.82, 2.24) is 5.06 Å². The number of halogens is 2. The molecule has 0 heterocycles. The molecule has 0 saturated heterocycles. The smallest absolute Gasteiger partial charge is 0.360 e. The van der Waals surface area contributed by atoms with E-state index in [1.54, 1.807) is 0 Å². The number of hydroxylamine groups is 2. The SMILES string of the molecule is CCN(CC)OC(=O)c1ccc(Cl)cc1F. The van der Waals surface area contributed by atoms with Crippen molar-refractivity contribution in [3.05, 3.63) is 34.6 Å². The molecule has 0 aliphatic carbocycles. The fourth-order valence-electron chi connectivity index (χ4n) is 1.17. The third-order valence-corrected chi connectivity index (χ3v) is 2.30. The van der Waals surface area contributed by atoms with Crippen LogP contribution in [0.3, 0.4) is 0 Å². The zero-order chi connectivity index (χ0) is 12.1. The lowest BCUT2D eigenvalue weighted by atomic mass is 10.2. The Morgan fingerprint density at radius 1 is 1.44 bits per heavy atom. The predicted molar refractivity (Wildman–Crippen MR) is 59.7 cm³/mol. The van der Waals surface area contributed by atoms with Gasteiger partial charge in [0.05, 0.1) is 5.56 Å². The van der Waals surface area contributed by atoms with Gasteiger partial charge in [0.1, 0.15) is 5.82 Å². The third-order valence-electron chi connectivity index (χ3n) is 2.07. The second kappa shape index (κ2) is 5.82. The molecule has 88 valence electrons. The van der Waals surface area contributed by atoms with Crippen LogP contribution in [0.15, 0.2) is 18.2 Å². The van der Waals surface area contributed by atoms with Gasteiger partial charge in [0, 0.05) is 18.1 Å². The molecule has 0 aliphatic heterocycles. The van der Waals surface area contributed by atoms with Crippen LogP contribution in [0.4, 0.5) is 4.39 Å². The van der Waals surface area contributed by atoms with Gasteiger partial charge in [-0.2, -0.15) is 0 Å². The molecule has 1 aromatic carbocycles. The topological polar surface area (TPSA) is 29.5 Å². The summed E-state index contributed by atoms with van der Waals surface area (Å²) in [5.74, 6) is -1.39. The standard InChI is InChI=1S/C11H13ClFNO2/c1-3-14(4-2)16-11(15)9-6-5-8(12)7-10(9)13/h5-7H,3-4H2,1-2H3. The van der Waals surface area contributed by atoms with E-state index in [0.717, 1.165) is 6.07 Å². The maximum atomic E-state index is 13.4. The van der Waals surface area contributed by atoms with Crippen LogP contribution < -0.4 is 0 Å². The van der Waals surface area contributed by atoms with Crippen LogP contribution in [0, 0.1) is 5.82 Å². The summed E-state index contributed by atoms with van der Waals surface area (Å²) in [6, 6.07) is 3.84. The van der Waals surface area contributed by atoms with Gasteiger partial charge in [-0.25, -0.2) is 9.18 Å². The number of hydrogen-bond donors (Lipinski definition) is 0. The van der Waals surface area contributed by atoms with Crippen molar-refractivity contribution in [3.8, 4) is 0 Å². The van der Waals surface area contributed by atoms with Gasteiger partial charge in [-0.05, 0) is 32.0 Å². The zero-order valence-electron chi connectivity index (χ0n) is 9.17. The molecule has 0 atom stereocenters. The zero-order valence-corrected chi connectivity index (χ0v) is 9.92. The number of hydrogen-bond acceptors (Lipinski definition) is 3. The largest absolute Gasteiger partial charge is 0.364 e. The number of rotatable bonds is 4. The summed E-state index contributed by atoms with van der Waals surface area (Å²) in [4.78, 5) is 16.5. The van der Waals surface area contributed by atoms with Crippen molar-refractivity contribution in [3.63, 3.8) is 0 Å². The van der Waals surface area contributed by atoms with E-state index in [9.17, 15) is 9.18 Å². The molecule has 0 saturated carbocycles. The van der Waals surface area contributed by atoms with Gasteiger partial charge in [0.2, 0.25) is 0 Å². The van der Waals surface area contributed by atoms with Gasteiger partial charge in [-0.3, -0.25) is 0 Å². The summed E-state index contributed by atoms with van der Waals surface area (Å²) in [7, 11) is 0. The lowest BCUT2D eigenvalue weighted by Gasteiger charge is -2.17. The Morgan fingerprint density at radius 2 is 2.06 bits per heavy atom.